The number of nitrogens with two attached hydrogens (primary N) is 1. The molecule has 0 bridgehead atoms. The number of nitrogens with one attached hydrogen (secondary N) is 1. The number of methoxy groups -OCH3 is 1. The normalized spacial score (nSPS) is 11.9. The van der Waals surface area contributed by atoms with Gasteiger partial charge in [-0.15, -0.1) is 24.5 Å². The average Bonchev–Trinajstić information content (AvgIpc) is 3.14. The molecule has 6 nitrogen and oxygen atoms in total. The molecule has 0 radical (unpaired) electrons. The van der Waals surface area contributed by atoms with Gasteiger partial charge in [0.05, 0.1) is 19.3 Å². The summed E-state index contributed by atoms with van der Waals surface area (Å²) in [4.78, 5) is 8.65. The Hall–Kier alpha value is -3.27. The predicted octanol–water partition coefficient (Wildman–Crippen LogP) is 4.64. The first kappa shape index (κ1) is 20.5. The highest BCUT2D eigenvalue weighted by atomic mass is 32.1. The molecule has 10 heteroatoms. The Labute approximate surface area is 168 Å². The zero-order valence-electron chi connectivity index (χ0n) is 15.2. The van der Waals surface area contributed by atoms with Gasteiger partial charge < -0.3 is 20.5 Å². The quantitative estimate of drug-likeness (QED) is 0.447. The summed E-state index contributed by atoms with van der Waals surface area (Å²) in [6.45, 7) is 0.335. The van der Waals surface area contributed by atoms with E-state index >= 15 is 0 Å². The van der Waals surface area contributed by atoms with Crippen molar-refractivity contribution in [2.75, 3.05) is 12.4 Å². The third kappa shape index (κ3) is 5.85. The fourth-order valence-corrected chi connectivity index (χ4v) is 3.17. The summed E-state index contributed by atoms with van der Waals surface area (Å²) in [6.07, 6.45) is -4.72. The minimum absolute atomic E-state index is 0.186. The summed E-state index contributed by atoms with van der Waals surface area (Å²) in [7, 11) is 1.59. The molecule has 1 heterocycles. The van der Waals surface area contributed by atoms with E-state index in [1.165, 1.54) is 35.6 Å². The first-order valence-electron chi connectivity index (χ1n) is 8.34. The molecule has 1 aromatic heterocycles. The van der Waals surface area contributed by atoms with Crippen LogP contribution in [0.1, 0.15) is 5.56 Å². The lowest BCUT2D eigenvalue weighted by Crippen LogP contribution is -2.22. The van der Waals surface area contributed by atoms with Crippen molar-refractivity contribution in [2.24, 2.45) is 10.7 Å². The first-order valence-corrected chi connectivity index (χ1v) is 9.22. The Morgan fingerprint density at radius 3 is 2.59 bits per heavy atom. The van der Waals surface area contributed by atoms with Gasteiger partial charge in [-0.25, -0.2) is 9.98 Å². The van der Waals surface area contributed by atoms with Crippen molar-refractivity contribution >= 4 is 22.4 Å². The van der Waals surface area contributed by atoms with Crippen LogP contribution in [-0.2, 0) is 6.54 Å². The summed E-state index contributed by atoms with van der Waals surface area (Å²) in [5.74, 6) is 0.617. The molecule has 0 spiro atoms. The molecule has 0 amide bonds. The van der Waals surface area contributed by atoms with Crippen LogP contribution in [-0.4, -0.2) is 24.4 Å². The van der Waals surface area contributed by atoms with Crippen LogP contribution >= 0.6 is 11.3 Å². The fraction of sp³-hybridized carbons (Fsp3) is 0.158. The van der Waals surface area contributed by atoms with Crippen LogP contribution in [0.5, 0.6) is 11.5 Å². The van der Waals surface area contributed by atoms with Crippen molar-refractivity contribution in [1.82, 2.24) is 4.98 Å². The van der Waals surface area contributed by atoms with Gasteiger partial charge in [0.1, 0.15) is 11.5 Å². The Morgan fingerprint density at radius 1 is 1.17 bits per heavy atom. The number of nitrogens with zero attached hydrogens (tertiary/aromatic N) is 2. The van der Waals surface area contributed by atoms with Gasteiger partial charge in [0.25, 0.3) is 0 Å². The SMILES string of the molecule is COc1ccccc1CN=C(N)Nc1nc(-c2ccc(OC(F)(F)F)cc2)cs1. The topological polar surface area (TPSA) is 81.8 Å². The summed E-state index contributed by atoms with van der Waals surface area (Å²) < 4.78 is 45.8. The number of guanidine groups is 1. The molecule has 152 valence electrons. The van der Waals surface area contributed by atoms with Crippen LogP contribution in [0, 0.1) is 0 Å². The summed E-state index contributed by atoms with van der Waals surface area (Å²) >= 11 is 1.30. The molecule has 29 heavy (non-hydrogen) atoms. The number of thiazole rings is 1. The number of aliphatic imine (C=N–C) groups is 1. The number of hydrogen-bond acceptors (Lipinski definition) is 5. The van der Waals surface area contributed by atoms with Crippen molar-refractivity contribution in [3.8, 4) is 22.8 Å². The van der Waals surface area contributed by atoms with Crippen molar-refractivity contribution < 1.29 is 22.6 Å². The standard InChI is InChI=1S/C19H17F3N4O2S/c1-27-16-5-3-2-4-13(16)10-24-17(23)26-18-25-15(11-29-18)12-6-8-14(9-7-12)28-19(20,21)22/h2-9,11H,10H2,1H3,(H3,23,24,25,26). The minimum Gasteiger partial charge on any atom is -0.496 e. The Balaban J connectivity index is 1.64. The van der Waals surface area contributed by atoms with Gasteiger partial charge in [-0.1, -0.05) is 18.2 Å². The molecule has 0 unspecified atom stereocenters. The average molecular weight is 422 g/mol. The maximum atomic E-state index is 12.2. The second kappa shape index (κ2) is 8.82. The van der Waals surface area contributed by atoms with Crippen LogP contribution in [0.3, 0.4) is 0 Å². The molecule has 0 aliphatic carbocycles. The fourth-order valence-electron chi connectivity index (χ4n) is 2.44. The highest BCUT2D eigenvalue weighted by molar-refractivity contribution is 7.14. The van der Waals surface area contributed by atoms with E-state index < -0.39 is 6.36 Å². The van der Waals surface area contributed by atoms with Crippen LogP contribution in [0.4, 0.5) is 18.3 Å². The smallest absolute Gasteiger partial charge is 0.496 e. The molecule has 3 rings (SSSR count). The Morgan fingerprint density at radius 2 is 1.90 bits per heavy atom. The Bertz CT molecular complexity index is 988. The third-order valence-electron chi connectivity index (χ3n) is 3.74. The first-order chi connectivity index (χ1) is 13.8. The van der Waals surface area contributed by atoms with E-state index in [9.17, 15) is 13.2 Å². The number of rotatable bonds is 6. The summed E-state index contributed by atoms with van der Waals surface area (Å²) in [6, 6.07) is 13.0. The molecule has 0 saturated carbocycles. The van der Waals surface area contributed by atoms with Gasteiger partial charge in [0.2, 0.25) is 0 Å². The van der Waals surface area contributed by atoms with E-state index in [0.29, 0.717) is 22.9 Å². The molecule has 3 aromatic rings. The van der Waals surface area contributed by atoms with E-state index in [-0.39, 0.29) is 11.7 Å². The predicted molar refractivity (Wildman–Crippen MR) is 106 cm³/mol. The highest BCUT2D eigenvalue weighted by Gasteiger charge is 2.31. The second-order valence-electron chi connectivity index (χ2n) is 5.75. The van der Waals surface area contributed by atoms with Crippen LogP contribution in [0.15, 0.2) is 58.9 Å². The monoisotopic (exact) mass is 422 g/mol. The van der Waals surface area contributed by atoms with Crippen LogP contribution in [0.25, 0.3) is 11.3 Å². The molecule has 0 atom stereocenters. The lowest BCUT2D eigenvalue weighted by molar-refractivity contribution is -0.274. The number of aromatic nitrogens is 1. The van der Waals surface area contributed by atoms with Gasteiger partial charge in [-0.2, -0.15) is 0 Å². The zero-order chi connectivity index (χ0) is 20.9. The van der Waals surface area contributed by atoms with Crippen molar-refractivity contribution in [2.45, 2.75) is 12.9 Å². The number of halogens is 3. The largest absolute Gasteiger partial charge is 0.573 e. The van der Waals surface area contributed by atoms with Crippen LogP contribution in [0.2, 0.25) is 0 Å². The van der Waals surface area contributed by atoms with Gasteiger partial charge >= 0.3 is 6.36 Å². The minimum atomic E-state index is -4.72. The lowest BCUT2D eigenvalue weighted by Gasteiger charge is -2.08. The van der Waals surface area contributed by atoms with E-state index in [2.05, 4.69) is 20.0 Å². The zero-order valence-corrected chi connectivity index (χ0v) is 16.1. The van der Waals surface area contributed by atoms with E-state index in [1.807, 2.05) is 24.3 Å². The number of anilines is 1. The Kier molecular flexibility index (Phi) is 6.23. The van der Waals surface area contributed by atoms with Crippen LogP contribution < -0.4 is 20.5 Å². The maximum Gasteiger partial charge on any atom is 0.573 e. The number of alkyl halides is 3. The number of ether oxygens (including phenoxy) is 2. The maximum absolute atomic E-state index is 12.2. The van der Waals surface area contributed by atoms with Gasteiger partial charge in [-0.05, 0) is 30.3 Å². The van der Waals surface area contributed by atoms with E-state index in [1.54, 1.807) is 12.5 Å². The molecule has 3 N–H and O–H groups in total. The third-order valence-corrected chi connectivity index (χ3v) is 4.49. The summed E-state index contributed by atoms with van der Waals surface area (Å²) in [5.41, 5.74) is 8.04. The van der Waals surface area contributed by atoms with E-state index in [4.69, 9.17) is 10.5 Å². The number of benzene rings is 2. The summed E-state index contributed by atoms with van der Waals surface area (Å²) in [5, 5.41) is 5.17. The molecule has 0 saturated heterocycles. The number of para-hydroxylation sites is 1. The van der Waals surface area contributed by atoms with Crippen molar-refractivity contribution in [3.05, 3.63) is 59.5 Å². The lowest BCUT2D eigenvalue weighted by atomic mass is 10.2. The van der Waals surface area contributed by atoms with Crippen molar-refractivity contribution in [1.29, 1.82) is 0 Å². The highest BCUT2D eigenvalue weighted by Crippen LogP contribution is 2.28. The van der Waals surface area contributed by atoms with Crippen molar-refractivity contribution in [3.63, 3.8) is 0 Å². The van der Waals surface area contributed by atoms with Gasteiger partial charge in [0.15, 0.2) is 11.1 Å². The molecular weight excluding hydrogens is 405 g/mol. The van der Waals surface area contributed by atoms with Gasteiger partial charge in [-0.3, -0.25) is 0 Å². The molecule has 0 aliphatic heterocycles. The second-order valence-corrected chi connectivity index (χ2v) is 6.61. The van der Waals surface area contributed by atoms with Gasteiger partial charge in [0, 0.05) is 16.5 Å². The molecule has 0 aliphatic rings. The molecular formula is C19H17F3N4O2S. The van der Waals surface area contributed by atoms with E-state index in [0.717, 1.165) is 11.3 Å². The number of hydrogen-bond donors (Lipinski definition) is 2. The molecule has 2 aromatic carbocycles. The molecule has 0 fully saturated rings.